The van der Waals surface area contributed by atoms with Crippen molar-refractivity contribution < 1.29 is 14.3 Å². The molecule has 1 aromatic rings. The smallest absolute Gasteiger partial charge is 0.313 e. The van der Waals surface area contributed by atoms with Crippen LogP contribution in [0.4, 0.5) is 0 Å². The summed E-state index contributed by atoms with van der Waals surface area (Å²) in [6.45, 7) is 9.76. The summed E-state index contributed by atoms with van der Waals surface area (Å²) in [5.74, 6) is 0.513. The summed E-state index contributed by atoms with van der Waals surface area (Å²) in [7, 11) is 1.68. The number of hydrogen-bond acceptors (Lipinski definition) is 5. The molecule has 142 valence electrons. The summed E-state index contributed by atoms with van der Waals surface area (Å²) in [5.41, 5.74) is 1.77. The Morgan fingerprint density at radius 2 is 2.28 bits per heavy atom. The molecule has 0 amide bonds. The lowest BCUT2D eigenvalue weighted by Gasteiger charge is -2.40. The molecule has 1 saturated heterocycles. The summed E-state index contributed by atoms with van der Waals surface area (Å²) in [6, 6.07) is 2.15. The van der Waals surface area contributed by atoms with Gasteiger partial charge in [-0.3, -0.25) is 14.8 Å². The Hall–Kier alpha value is -1.40. The van der Waals surface area contributed by atoms with E-state index < -0.39 is 5.41 Å². The average Bonchev–Trinajstić information content (AvgIpc) is 2.99. The van der Waals surface area contributed by atoms with Crippen LogP contribution >= 0.6 is 0 Å². The van der Waals surface area contributed by atoms with E-state index in [4.69, 9.17) is 9.47 Å². The number of hydrogen-bond donors (Lipinski definition) is 1. The fourth-order valence-corrected chi connectivity index (χ4v) is 3.67. The Balaban J connectivity index is 2.03. The zero-order chi connectivity index (χ0) is 18.3. The van der Waals surface area contributed by atoms with Gasteiger partial charge in [0.25, 0.3) is 0 Å². The van der Waals surface area contributed by atoms with Crippen LogP contribution in [0.15, 0.2) is 6.07 Å². The van der Waals surface area contributed by atoms with Crippen molar-refractivity contribution in [2.24, 2.45) is 11.3 Å². The molecule has 1 aromatic heterocycles. The molecule has 1 N–H and O–H groups in total. The first kappa shape index (κ1) is 19.9. The van der Waals surface area contributed by atoms with Crippen molar-refractivity contribution in [2.75, 3.05) is 33.4 Å². The highest BCUT2D eigenvalue weighted by molar-refractivity contribution is 5.77. The van der Waals surface area contributed by atoms with E-state index >= 15 is 0 Å². The van der Waals surface area contributed by atoms with Crippen molar-refractivity contribution in [3.05, 3.63) is 17.5 Å². The highest BCUT2D eigenvalue weighted by atomic mass is 16.5. The fraction of sp³-hybridized carbons (Fsp3) is 0.789. The number of rotatable bonds is 9. The number of esters is 1. The van der Waals surface area contributed by atoms with Crippen LogP contribution in [0.1, 0.15) is 51.4 Å². The largest absolute Gasteiger partial charge is 0.466 e. The Morgan fingerprint density at radius 1 is 1.48 bits per heavy atom. The van der Waals surface area contributed by atoms with E-state index in [-0.39, 0.29) is 5.97 Å². The van der Waals surface area contributed by atoms with Crippen LogP contribution in [0.2, 0.25) is 0 Å². The Morgan fingerprint density at radius 3 is 2.96 bits per heavy atom. The number of ether oxygens (including phenoxy) is 2. The van der Waals surface area contributed by atoms with Crippen LogP contribution in [-0.4, -0.2) is 54.5 Å². The van der Waals surface area contributed by atoms with E-state index in [1.54, 1.807) is 7.11 Å². The number of carbonyl (C=O) groups excluding carboxylic acids is 1. The van der Waals surface area contributed by atoms with Crippen molar-refractivity contribution in [1.82, 2.24) is 15.1 Å². The van der Waals surface area contributed by atoms with Gasteiger partial charge in [-0.05, 0) is 51.1 Å². The minimum atomic E-state index is -0.453. The highest BCUT2D eigenvalue weighted by Crippen LogP contribution is 2.35. The molecule has 0 aromatic carbocycles. The number of H-pyrrole nitrogens is 1. The summed E-state index contributed by atoms with van der Waals surface area (Å²) in [5, 5.41) is 7.56. The van der Waals surface area contributed by atoms with Gasteiger partial charge in [-0.25, -0.2) is 0 Å². The van der Waals surface area contributed by atoms with Crippen molar-refractivity contribution >= 4 is 5.97 Å². The fourth-order valence-electron chi connectivity index (χ4n) is 3.67. The molecule has 0 bridgehead atoms. The minimum Gasteiger partial charge on any atom is -0.466 e. The van der Waals surface area contributed by atoms with E-state index in [0.29, 0.717) is 32.1 Å². The zero-order valence-electron chi connectivity index (χ0n) is 16.1. The molecule has 0 spiro atoms. The molecule has 1 fully saturated rings. The van der Waals surface area contributed by atoms with Crippen molar-refractivity contribution in [2.45, 2.75) is 53.0 Å². The van der Waals surface area contributed by atoms with Gasteiger partial charge in [0.2, 0.25) is 0 Å². The van der Waals surface area contributed by atoms with E-state index in [1.165, 1.54) is 0 Å². The molecular weight excluding hydrogens is 318 g/mol. The predicted octanol–water partition coefficient (Wildman–Crippen LogP) is 2.79. The lowest BCUT2D eigenvalue weighted by Crippen LogP contribution is -2.48. The molecular formula is C19H33N3O3. The SMILES string of the molecule is CCOC(=O)C1(CCOC)CCCN(Cc2cc(CC(C)C)n[nH]2)C1. The lowest BCUT2D eigenvalue weighted by molar-refractivity contribution is -0.160. The first-order chi connectivity index (χ1) is 12.0. The number of nitrogens with one attached hydrogen (secondary N) is 1. The van der Waals surface area contributed by atoms with E-state index in [1.807, 2.05) is 6.92 Å². The Kier molecular flexibility index (Phi) is 7.44. The van der Waals surface area contributed by atoms with Gasteiger partial charge in [-0.1, -0.05) is 13.8 Å². The first-order valence-corrected chi connectivity index (χ1v) is 9.40. The maximum Gasteiger partial charge on any atom is 0.313 e. The average molecular weight is 351 g/mol. The lowest BCUT2D eigenvalue weighted by atomic mass is 9.77. The van der Waals surface area contributed by atoms with Gasteiger partial charge in [0.05, 0.1) is 17.7 Å². The van der Waals surface area contributed by atoms with Crippen molar-refractivity contribution in [3.8, 4) is 0 Å². The van der Waals surface area contributed by atoms with Gasteiger partial charge >= 0.3 is 5.97 Å². The molecule has 1 aliphatic rings. The first-order valence-electron chi connectivity index (χ1n) is 9.40. The van der Waals surface area contributed by atoms with Gasteiger partial charge in [-0.2, -0.15) is 5.10 Å². The third-order valence-electron chi connectivity index (χ3n) is 4.84. The van der Waals surface area contributed by atoms with E-state index in [2.05, 4.69) is 35.0 Å². The number of likely N-dealkylation sites (tertiary alicyclic amines) is 1. The summed E-state index contributed by atoms with van der Waals surface area (Å²) in [6.07, 6.45) is 3.56. The topological polar surface area (TPSA) is 67.5 Å². The number of aromatic amines is 1. The molecule has 1 atom stereocenters. The third kappa shape index (κ3) is 5.54. The van der Waals surface area contributed by atoms with E-state index in [0.717, 1.165) is 43.7 Å². The number of methoxy groups -OCH3 is 1. The van der Waals surface area contributed by atoms with Crippen molar-refractivity contribution in [1.29, 1.82) is 0 Å². The second kappa shape index (κ2) is 9.34. The van der Waals surface area contributed by atoms with Gasteiger partial charge < -0.3 is 9.47 Å². The Labute approximate surface area is 151 Å². The van der Waals surface area contributed by atoms with Gasteiger partial charge in [-0.15, -0.1) is 0 Å². The van der Waals surface area contributed by atoms with Crippen LogP contribution in [0.3, 0.4) is 0 Å². The molecule has 6 nitrogen and oxygen atoms in total. The third-order valence-corrected chi connectivity index (χ3v) is 4.84. The molecule has 1 aliphatic heterocycles. The minimum absolute atomic E-state index is 0.0816. The van der Waals surface area contributed by atoms with Crippen LogP contribution < -0.4 is 0 Å². The number of piperidine rings is 1. The molecule has 2 rings (SSSR count). The summed E-state index contributed by atoms with van der Waals surface area (Å²) < 4.78 is 10.6. The van der Waals surface area contributed by atoms with Crippen molar-refractivity contribution in [3.63, 3.8) is 0 Å². The van der Waals surface area contributed by atoms with Gasteiger partial charge in [0, 0.05) is 32.5 Å². The molecule has 2 heterocycles. The maximum atomic E-state index is 12.6. The standard InChI is InChI=1S/C19H33N3O3/c1-5-25-18(23)19(8-10-24-4)7-6-9-22(14-19)13-17-12-16(20-21-17)11-15(2)3/h12,15H,5-11,13-14H2,1-4H3,(H,20,21). The van der Waals surface area contributed by atoms with Crippen LogP contribution in [0, 0.1) is 11.3 Å². The summed E-state index contributed by atoms with van der Waals surface area (Å²) >= 11 is 0. The molecule has 25 heavy (non-hydrogen) atoms. The number of aromatic nitrogens is 2. The van der Waals surface area contributed by atoms with Gasteiger partial charge in [0.1, 0.15) is 0 Å². The van der Waals surface area contributed by atoms with Crippen LogP contribution in [0.5, 0.6) is 0 Å². The zero-order valence-corrected chi connectivity index (χ0v) is 16.1. The quantitative estimate of drug-likeness (QED) is 0.693. The van der Waals surface area contributed by atoms with E-state index in [9.17, 15) is 4.79 Å². The van der Waals surface area contributed by atoms with Crippen LogP contribution in [-0.2, 0) is 27.2 Å². The second-order valence-corrected chi connectivity index (χ2v) is 7.54. The molecule has 0 radical (unpaired) electrons. The number of nitrogens with zero attached hydrogens (tertiary/aromatic N) is 2. The normalized spacial score (nSPS) is 21.6. The van der Waals surface area contributed by atoms with Crippen LogP contribution in [0.25, 0.3) is 0 Å². The maximum absolute atomic E-state index is 12.6. The second-order valence-electron chi connectivity index (χ2n) is 7.54. The molecule has 0 saturated carbocycles. The Bertz CT molecular complexity index is 544. The summed E-state index contributed by atoms with van der Waals surface area (Å²) in [4.78, 5) is 15.0. The number of carbonyl (C=O) groups is 1. The highest BCUT2D eigenvalue weighted by Gasteiger charge is 2.43. The predicted molar refractivity (Wildman–Crippen MR) is 97.2 cm³/mol. The molecule has 6 heteroatoms. The monoisotopic (exact) mass is 351 g/mol. The molecule has 1 unspecified atom stereocenters. The molecule has 0 aliphatic carbocycles. The van der Waals surface area contributed by atoms with Gasteiger partial charge in [0.15, 0.2) is 0 Å².